The van der Waals surface area contributed by atoms with Crippen molar-refractivity contribution in [1.82, 2.24) is 0 Å². The molecule has 1 aliphatic rings. The van der Waals surface area contributed by atoms with Crippen molar-refractivity contribution in [2.45, 2.75) is 58.3 Å². The lowest BCUT2D eigenvalue weighted by Gasteiger charge is -2.33. The van der Waals surface area contributed by atoms with Gasteiger partial charge in [0.25, 0.3) is 0 Å². The Morgan fingerprint density at radius 2 is 1.91 bits per heavy atom. The molecule has 0 aromatic rings. The molecule has 0 aliphatic heterocycles. The largest absolute Gasteiger partial charge is 0.462 e. The van der Waals surface area contributed by atoms with E-state index in [0.29, 0.717) is 19.1 Å². The number of carbonyl (C=O) groups is 1. The fraction of sp³-hybridized carbons (Fsp3) is 0.842. The quantitative estimate of drug-likeness (QED) is 0.357. The monoisotopic (exact) mass is 326 g/mol. The molecule has 1 unspecified atom stereocenters. The summed E-state index contributed by atoms with van der Waals surface area (Å²) in [7, 11) is 1.69. The summed E-state index contributed by atoms with van der Waals surface area (Å²) in [5.41, 5.74) is 0.112. The van der Waals surface area contributed by atoms with Gasteiger partial charge in [-0.3, -0.25) is 0 Å². The number of aliphatic hydroxyl groups excluding tert-OH is 1. The highest BCUT2D eigenvalue weighted by atomic mass is 16.5. The van der Waals surface area contributed by atoms with E-state index in [9.17, 15) is 4.79 Å². The van der Waals surface area contributed by atoms with Crippen LogP contribution in [0.3, 0.4) is 0 Å². The standard InChI is InChI=1S/C19H34O4/c1-4-5-6-7-16-8-10-17(11-9-16)18(13-22-3)14-23-19(21)15(2)12-20/h16-18,20H,2,4-14H2,1,3H3. The van der Waals surface area contributed by atoms with E-state index in [1.165, 1.54) is 51.4 Å². The molecule has 1 saturated carbocycles. The third-order valence-electron chi connectivity index (χ3n) is 5.06. The maximum absolute atomic E-state index is 11.6. The highest BCUT2D eigenvalue weighted by molar-refractivity contribution is 5.87. The summed E-state index contributed by atoms with van der Waals surface area (Å²) < 4.78 is 10.6. The lowest BCUT2D eigenvalue weighted by Crippen LogP contribution is -2.29. The molecule has 1 aliphatic carbocycles. The first kappa shape index (κ1) is 20.2. The molecule has 0 spiro atoms. The van der Waals surface area contributed by atoms with Crippen LogP contribution in [0.25, 0.3) is 0 Å². The molecule has 1 fully saturated rings. The first-order chi connectivity index (χ1) is 11.1. The van der Waals surface area contributed by atoms with Gasteiger partial charge in [0.15, 0.2) is 0 Å². The van der Waals surface area contributed by atoms with Crippen molar-refractivity contribution in [2.24, 2.45) is 17.8 Å². The zero-order chi connectivity index (χ0) is 17.1. The van der Waals surface area contributed by atoms with Crippen LogP contribution < -0.4 is 0 Å². The van der Waals surface area contributed by atoms with Crippen LogP contribution in [0.4, 0.5) is 0 Å². The fourth-order valence-electron chi connectivity index (χ4n) is 3.52. The van der Waals surface area contributed by atoms with Gasteiger partial charge in [0.05, 0.1) is 25.4 Å². The van der Waals surface area contributed by atoms with Crippen molar-refractivity contribution in [3.63, 3.8) is 0 Å². The molecule has 4 heteroatoms. The van der Waals surface area contributed by atoms with Gasteiger partial charge in [-0.2, -0.15) is 0 Å². The van der Waals surface area contributed by atoms with Crippen molar-refractivity contribution in [3.05, 3.63) is 12.2 Å². The maximum Gasteiger partial charge on any atom is 0.335 e. The maximum atomic E-state index is 11.6. The molecule has 0 heterocycles. The molecule has 0 radical (unpaired) electrons. The Labute approximate surface area is 141 Å². The zero-order valence-corrected chi connectivity index (χ0v) is 14.9. The summed E-state index contributed by atoms with van der Waals surface area (Å²) in [6.45, 7) is 6.37. The second kappa shape index (κ2) is 11.6. The van der Waals surface area contributed by atoms with Crippen molar-refractivity contribution >= 4 is 5.97 Å². The van der Waals surface area contributed by atoms with Gasteiger partial charge in [-0.25, -0.2) is 4.79 Å². The number of unbranched alkanes of at least 4 members (excludes halogenated alkanes) is 2. The van der Waals surface area contributed by atoms with Crippen molar-refractivity contribution in [3.8, 4) is 0 Å². The number of carbonyl (C=O) groups excluding carboxylic acids is 1. The van der Waals surface area contributed by atoms with Gasteiger partial charge in [0, 0.05) is 13.0 Å². The smallest absolute Gasteiger partial charge is 0.335 e. The van der Waals surface area contributed by atoms with Crippen molar-refractivity contribution < 1.29 is 19.4 Å². The molecule has 1 rings (SSSR count). The van der Waals surface area contributed by atoms with Gasteiger partial charge in [-0.1, -0.05) is 52.0 Å². The van der Waals surface area contributed by atoms with E-state index >= 15 is 0 Å². The minimum atomic E-state index is -0.498. The molecule has 0 saturated heterocycles. The second-order valence-corrected chi connectivity index (χ2v) is 6.85. The molecule has 1 atom stereocenters. The zero-order valence-electron chi connectivity index (χ0n) is 14.9. The van der Waals surface area contributed by atoms with Crippen LogP contribution in [0.5, 0.6) is 0 Å². The topological polar surface area (TPSA) is 55.8 Å². The first-order valence-corrected chi connectivity index (χ1v) is 9.07. The third-order valence-corrected chi connectivity index (χ3v) is 5.06. The van der Waals surface area contributed by atoms with Crippen molar-refractivity contribution in [1.29, 1.82) is 0 Å². The predicted molar refractivity (Wildman–Crippen MR) is 92.1 cm³/mol. The Bertz CT molecular complexity index is 345. The summed E-state index contributed by atoms with van der Waals surface area (Å²) in [5.74, 6) is 1.18. The Morgan fingerprint density at radius 1 is 1.22 bits per heavy atom. The summed E-state index contributed by atoms with van der Waals surface area (Å²) in [6.07, 6.45) is 10.3. The second-order valence-electron chi connectivity index (χ2n) is 6.85. The van der Waals surface area contributed by atoms with Crippen LogP contribution in [0, 0.1) is 17.8 Å². The van der Waals surface area contributed by atoms with Crippen LogP contribution >= 0.6 is 0 Å². The van der Waals surface area contributed by atoms with E-state index in [1.807, 2.05) is 0 Å². The number of hydrogen-bond donors (Lipinski definition) is 1. The van der Waals surface area contributed by atoms with Crippen LogP contribution in [-0.2, 0) is 14.3 Å². The summed E-state index contributed by atoms with van der Waals surface area (Å²) in [5, 5.41) is 8.92. The highest BCUT2D eigenvalue weighted by Gasteiger charge is 2.28. The molecular weight excluding hydrogens is 292 g/mol. The normalized spacial score (nSPS) is 22.6. The average molecular weight is 326 g/mol. The fourth-order valence-corrected chi connectivity index (χ4v) is 3.52. The Morgan fingerprint density at radius 3 is 2.48 bits per heavy atom. The molecule has 4 nitrogen and oxygen atoms in total. The summed E-state index contributed by atoms with van der Waals surface area (Å²) in [4.78, 5) is 11.6. The Kier molecular flexibility index (Phi) is 10.2. The SMILES string of the molecule is C=C(CO)C(=O)OCC(COC)C1CCC(CCCCC)CC1. The summed E-state index contributed by atoms with van der Waals surface area (Å²) >= 11 is 0. The van der Waals surface area contributed by atoms with Crippen LogP contribution in [0.2, 0.25) is 0 Å². The minimum Gasteiger partial charge on any atom is -0.462 e. The lowest BCUT2D eigenvalue weighted by molar-refractivity contribution is -0.142. The molecule has 0 amide bonds. The molecule has 134 valence electrons. The third kappa shape index (κ3) is 7.49. The number of ether oxygens (including phenoxy) is 2. The summed E-state index contributed by atoms with van der Waals surface area (Å²) in [6, 6.07) is 0. The van der Waals surface area contributed by atoms with Gasteiger partial charge in [-0.05, 0) is 24.7 Å². The van der Waals surface area contributed by atoms with Gasteiger partial charge >= 0.3 is 5.97 Å². The molecule has 0 aromatic carbocycles. The number of aliphatic hydroxyl groups is 1. The Hall–Kier alpha value is -0.870. The van der Waals surface area contributed by atoms with Crippen LogP contribution in [0.15, 0.2) is 12.2 Å². The molecule has 0 bridgehead atoms. The van der Waals surface area contributed by atoms with E-state index in [-0.39, 0.29) is 18.1 Å². The van der Waals surface area contributed by atoms with E-state index < -0.39 is 5.97 Å². The molecular formula is C19H34O4. The number of rotatable bonds is 11. The number of esters is 1. The molecule has 23 heavy (non-hydrogen) atoms. The predicted octanol–water partition coefficient (Wildman–Crippen LogP) is 3.73. The number of hydrogen-bond acceptors (Lipinski definition) is 4. The van der Waals surface area contributed by atoms with Crippen LogP contribution in [-0.4, -0.2) is 38.0 Å². The van der Waals surface area contributed by atoms with E-state index in [2.05, 4.69) is 13.5 Å². The average Bonchev–Trinajstić information content (AvgIpc) is 2.58. The molecule has 1 N–H and O–H groups in total. The molecule has 0 aromatic heterocycles. The first-order valence-electron chi connectivity index (χ1n) is 9.07. The Balaban J connectivity index is 2.37. The van der Waals surface area contributed by atoms with Gasteiger partial charge in [-0.15, -0.1) is 0 Å². The van der Waals surface area contributed by atoms with E-state index in [0.717, 1.165) is 5.92 Å². The van der Waals surface area contributed by atoms with E-state index in [1.54, 1.807) is 7.11 Å². The van der Waals surface area contributed by atoms with Crippen molar-refractivity contribution in [2.75, 3.05) is 26.9 Å². The number of methoxy groups -OCH3 is 1. The lowest BCUT2D eigenvalue weighted by atomic mass is 9.75. The van der Waals surface area contributed by atoms with Gasteiger partial charge in [0.1, 0.15) is 0 Å². The minimum absolute atomic E-state index is 0.112. The van der Waals surface area contributed by atoms with Gasteiger partial charge in [0.2, 0.25) is 0 Å². The van der Waals surface area contributed by atoms with Crippen LogP contribution in [0.1, 0.15) is 58.3 Å². The van der Waals surface area contributed by atoms with E-state index in [4.69, 9.17) is 14.6 Å². The van der Waals surface area contributed by atoms with Gasteiger partial charge < -0.3 is 14.6 Å². The highest BCUT2D eigenvalue weighted by Crippen LogP contribution is 2.36.